The summed E-state index contributed by atoms with van der Waals surface area (Å²) >= 11 is 0. The van der Waals surface area contributed by atoms with Crippen LogP contribution in [0.25, 0.3) is 0 Å². The van der Waals surface area contributed by atoms with E-state index in [-0.39, 0.29) is 11.9 Å². The quantitative estimate of drug-likeness (QED) is 0.764. The number of benzene rings is 2. The molecule has 0 aliphatic heterocycles. The fourth-order valence-electron chi connectivity index (χ4n) is 2.27. The third-order valence-corrected chi connectivity index (χ3v) is 3.25. The predicted octanol–water partition coefficient (Wildman–Crippen LogP) is 4.42. The number of pyridine rings is 1. The molecule has 0 saturated heterocycles. The molecule has 0 fully saturated rings. The van der Waals surface area contributed by atoms with Crippen molar-refractivity contribution in [2.24, 2.45) is 0 Å². The van der Waals surface area contributed by atoms with Gasteiger partial charge < -0.3 is 5.32 Å². The van der Waals surface area contributed by atoms with Gasteiger partial charge in [-0.2, -0.15) is 0 Å². The van der Waals surface area contributed by atoms with E-state index in [1.807, 2.05) is 54.6 Å². The molecular weight excluding hydrogens is 263 g/mol. The zero-order valence-electron chi connectivity index (χ0n) is 11.4. The van der Waals surface area contributed by atoms with E-state index < -0.39 is 0 Å². The molecule has 1 atom stereocenters. The molecule has 104 valence electrons. The van der Waals surface area contributed by atoms with Gasteiger partial charge in [-0.1, -0.05) is 42.5 Å². The van der Waals surface area contributed by atoms with Crippen molar-refractivity contribution in [3.63, 3.8) is 0 Å². The van der Waals surface area contributed by atoms with Gasteiger partial charge in [-0.05, 0) is 35.9 Å². The lowest BCUT2D eigenvalue weighted by atomic mass is 10.0. The van der Waals surface area contributed by atoms with Gasteiger partial charge in [-0.25, -0.2) is 4.39 Å². The Labute approximate surface area is 123 Å². The van der Waals surface area contributed by atoms with Gasteiger partial charge in [-0.15, -0.1) is 0 Å². The molecule has 3 aromatic rings. The Morgan fingerprint density at radius 2 is 1.67 bits per heavy atom. The second-order valence-electron chi connectivity index (χ2n) is 4.75. The van der Waals surface area contributed by atoms with Crippen LogP contribution in [0.15, 0.2) is 79.0 Å². The maximum Gasteiger partial charge on any atom is 0.125 e. The molecule has 1 unspecified atom stereocenters. The molecule has 1 aromatic heterocycles. The number of nitrogens with zero attached hydrogens (tertiary/aromatic N) is 1. The summed E-state index contributed by atoms with van der Waals surface area (Å²) in [6.07, 6.45) is 1.76. The monoisotopic (exact) mass is 278 g/mol. The minimum absolute atomic E-state index is 0.116. The summed E-state index contributed by atoms with van der Waals surface area (Å²) < 4.78 is 13.4. The van der Waals surface area contributed by atoms with Gasteiger partial charge in [0.1, 0.15) is 5.82 Å². The molecule has 0 spiro atoms. The first-order chi connectivity index (χ1) is 10.3. The van der Waals surface area contributed by atoms with Gasteiger partial charge >= 0.3 is 0 Å². The zero-order chi connectivity index (χ0) is 14.5. The SMILES string of the molecule is Fc1cccc(NC(c2ccccc2)c2ccccn2)c1. The molecular formula is C18H15FN2. The van der Waals surface area contributed by atoms with Gasteiger partial charge in [0.15, 0.2) is 0 Å². The molecule has 0 bridgehead atoms. The van der Waals surface area contributed by atoms with E-state index >= 15 is 0 Å². The summed E-state index contributed by atoms with van der Waals surface area (Å²) in [6.45, 7) is 0. The number of rotatable bonds is 4. The average molecular weight is 278 g/mol. The maximum atomic E-state index is 13.4. The summed E-state index contributed by atoms with van der Waals surface area (Å²) in [7, 11) is 0. The Bertz CT molecular complexity index is 659. The lowest BCUT2D eigenvalue weighted by Gasteiger charge is -2.20. The molecule has 3 rings (SSSR count). The highest BCUT2D eigenvalue weighted by Crippen LogP contribution is 2.25. The van der Waals surface area contributed by atoms with Gasteiger partial charge in [0, 0.05) is 11.9 Å². The van der Waals surface area contributed by atoms with Crippen LogP contribution in [0.5, 0.6) is 0 Å². The lowest BCUT2D eigenvalue weighted by molar-refractivity contribution is 0.628. The fourth-order valence-corrected chi connectivity index (χ4v) is 2.27. The van der Waals surface area contributed by atoms with E-state index in [9.17, 15) is 4.39 Å². The molecule has 1 N–H and O–H groups in total. The highest BCUT2D eigenvalue weighted by atomic mass is 19.1. The second kappa shape index (κ2) is 6.18. The van der Waals surface area contributed by atoms with Crippen LogP contribution in [0, 0.1) is 5.82 Å². The molecule has 1 heterocycles. The summed E-state index contributed by atoms with van der Waals surface area (Å²) in [6, 6.07) is 22.1. The Morgan fingerprint density at radius 3 is 2.38 bits per heavy atom. The smallest absolute Gasteiger partial charge is 0.125 e. The summed E-state index contributed by atoms with van der Waals surface area (Å²) in [4.78, 5) is 4.42. The van der Waals surface area contributed by atoms with E-state index in [0.29, 0.717) is 0 Å². The standard InChI is InChI=1S/C18H15FN2/c19-15-9-6-10-16(13-15)21-18(14-7-2-1-3-8-14)17-11-4-5-12-20-17/h1-13,18,21H. The van der Waals surface area contributed by atoms with Gasteiger partial charge in [0.05, 0.1) is 11.7 Å². The maximum absolute atomic E-state index is 13.4. The molecule has 0 aliphatic carbocycles. The van der Waals surface area contributed by atoms with Crippen LogP contribution < -0.4 is 5.32 Å². The molecule has 0 radical (unpaired) electrons. The predicted molar refractivity (Wildman–Crippen MR) is 82.5 cm³/mol. The van der Waals surface area contributed by atoms with E-state index in [4.69, 9.17) is 0 Å². The Morgan fingerprint density at radius 1 is 0.857 bits per heavy atom. The number of aromatic nitrogens is 1. The third kappa shape index (κ3) is 3.26. The topological polar surface area (TPSA) is 24.9 Å². The molecule has 0 aliphatic rings. The van der Waals surface area contributed by atoms with Crippen molar-refractivity contribution in [2.45, 2.75) is 6.04 Å². The van der Waals surface area contributed by atoms with Gasteiger partial charge in [0.2, 0.25) is 0 Å². The normalized spacial score (nSPS) is 11.9. The highest BCUT2D eigenvalue weighted by Gasteiger charge is 2.14. The van der Waals surface area contributed by atoms with Crippen molar-refractivity contribution >= 4 is 5.69 Å². The zero-order valence-corrected chi connectivity index (χ0v) is 11.4. The summed E-state index contributed by atoms with van der Waals surface area (Å²) in [5.41, 5.74) is 2.71. The molecule has 0 saturated carbocycles. The first kappa shape index (κ1) is 13.3. The van der Waals surface area contributed by atoms with Crippen LogP contribution >= 0.6 is 0 Å². The van der Waals surface area contributed by atoms with E-state index in [2.05, 4.69) is 10.3 Å². The van der Waals surface area contributed by atoms with E-state index in [0.717, 1.165) is 16.9 Å². The number of halogens is 1. The fraction of sp³-hybridized carbons (Fsp3) is 0.0556. The van der Waals surface area contributed by atoms with Crippen molar-refractivity contribution in [1.82, 2.24) is 4.98 Å². The molecule has 0 amide bonds. The number of hydrogen-bond acceptors (Lipinski definition) is 2. The Kier molecular flexibility index (Phi) is 3.92. The van der Waals surface area contributed by atoms with Crippen molar-refractivity contribution < 1.29 is 4.39 Å². The van der Waals surface area contributed by atoms with Gasteiger partial charge in [0.25, 0.3) is 0 Å². The Hall–Kier alpha value is -2.68. The summed E-state index contributed by atoms with van der Waals surface area (Å²) in [5, 5.41) is 3.35. The number of nitrogens with one attached hydrogen (secondary N) is 1. The van der Waals surface area contributed by atoms with E-state index in [1.165, 1.54) is 12.1 Å². The van der Waals surface area contributed by atoms with Crippen molar-refractivity contribution in [1.29, 1.82) is 0 Å². The average Bonchev–Trinajstić information content (AvgIpc) is 2.54. The first-order valence-corrected chi connectivity index (χ1v) is 6.81. The summed E-state index contributed by atoms with van der Waals surface area (Å²) in [5.74, 6) is -0.257. The molecule has 2 nitrogen and oxygen atoms in total. The minimum atomic E-state index is -0.257. The van der Waals surface area contributed by atoms with Gasteiger partial charge in [-0.3, -0.25) is 4.98 Å². The van der Waals surface area contributed by atoms with Crippen LogP contribution in [-0.4, -0.2) is 4.98 Å². The number of hydrogen-bond donors (Lipinski definition) is 1. The minimum Gasteiger partial charge on any atom is -0.373 e. The highest BCUT2D eigenvalue weighted by molar-refractivity contribution is 5.48. The van der Waals surface area contributed by atoms with Crippen LogP contribution in [0.3, 0.4) is 0 Å². The largest absolute Gasteiger partial charge is 0.373 e. The third-order valence-electron chi connectivity index (χ3n) is 3.25. The van der Waals surface area contributed by atoms with Crippen LogP contribution in [0.2, 0.25) is 0 Å². The number of anilines is 1. The van der Waals surface area contributed by atoms with Crippen LogP contribution in [-0.2, 0) is 0 Å². The molecule has 3 heteroatoms. The van der Waals surface area contributed by atoms with Crippen molar-refractivity contribution in [2.75, 3.05) is 5.32 Å². The van der Waals surface area contributed by atoms with Crippen molar-refractivity contribution in [3.8, 4) is 0 Å². The second-order valence-corrected chi connectivity index (χ2v) is 4.75. The first-order valence-electron chi connectivity index (χ1n) is 6.81. The van der Waals surface area contributed by atoms with Crippen LogP contribution in [0.1, 0.15) is 17.3 Å². The lowest BCUT2D eigenvalue weighted by Crippen LogP contribution is -2.13. The van der Waals surface area contributed by atoms with Crippen LogP contribution in [0.4, 0.5) is 10.1 Å². The molecule has 2 aromatic carbocycles. The Balaban J connectivity index is 1.97. The van der Waals surface area contributed by atoms with Crippen molar-refractivity contribution in [3.05, 3.63) is 96.1 Å². The van der Waals surface area contributed by atoms with E-state index in [1.54, 1.807) is 12.3 Å². The molecule has 21 heavy (non-hydrogen) atoms.